The number of rotatable bonds is 2. The molecule has 0 unspecified atom stereocenters. The van der Waals surface area contributed by atoms with Crippen molar-refractivity contribution in [1.29, 1.82) is 0 Å². The number of nitrogens with zero attached hydrogens (tertiary/aromatic N) is 2. The number of para-hydroxylation sites is 1. The van der Waals surface area contributed by atoms with E-state index in [1.165, 1.54) is 24.4 Å². The minimum absolute atomic E-state index is 0.126. The molecule has 1 aromatic heterocycles. The van der Waals surface area contributed by atoms with Gasteiger partial charge in [0.2, 0.25) is 0 Å². The summed E-state index contributed by atoms with van der Waals surface area (Å²) in [6.45, 7) is 0. The van der Waals surface area contributed by atoms with Crippen molar-refractivity contribution < 1.29 is 9.13 Å². The molecule has 0 spiro atoms. The minimum atomic E-state index is -0.439. The van der Waals surface area contributed by atoms with E-state index in [4.69, 9.17) is 16.3 Å². The van der Waals surface area contributed by atoms with E-state index in [9.17, 15) is 4.39 Å². The summed E-state index contributed by atoms with van der Waals surface area (Å²) in [6.07, 6.45) is 1.36. The molecule has 0 fully saturated rings. The number of hydrogen-bond donors (Lipinski definition) is 0. The van der Waals surface area contributed by atoms with Gasteiger partial charge in [0, 0.05) is 6.07 Å². The van der Waals surface area contributed by atoms with Gasteiger partial charge in [-0.1, -0.05) is 23.7 Å². The Morgan fingerprint density at radius 2 is 2.07 bits per heavy atom. The fraction of sp³-hybridized carbons (Fsp3) is 0. The average molecular weight is 225 g/mol. The van der Waals surface area contributed by atoms with Gasteiger partial charge < -0.3 is 4.74 Å². The third kappa shape index (κ3) is 2.41. The van der Waals surface area contributed by atoms with Crippen molar-refractivity contribution in [1.82, 2.24) is 10.2 Å². The Hall–Kier alpha value is -1.68. The normalized spacial score (nSPS) is 10.0. The molecule has 2 rings (SSSR count). The Morgan fingerprint density at radius 1 is 1.27 bits per heavy atom. The van der Waals surface area contributed by atoms with Crippen LogP contribution >= 0.6 is 11.6 Å². The van der Waals surface area contributed by atoms with Crippen LogP contribution in [0.4, 0.5) is 4.39 Å². The zero-order valence-corrected chi connectivity index (χ0v) is 8.28. The molecule has 0 aliphatic carbocycles. The van der Waals surface area contributed by atoms with Gasteiger partial charge in [-0.15, -0.1) is 5.10 Å². The van der Waals surface area contributed by atoms with E-state index in [0.29, 0.717) is 5.75 Å². The zero-order valence-electron chi connectivity index (χ0n) is 7.52. The van der Waals surface area contributed by atoms with Gasteiger partial charge in [0.05, 0.1) is 6.20 Å². The molecule has 3 nitrogen and oxygen atoms in total. The molecule has 76 valence electrons. The molecule has 15 heavy (non-hydrogen) atoms. The maximum atomic E-state index is 13.2. The van der Waals surface area contributed by atoms with Gasteiger partial charge in [-0.2, -0.15) is 5.10 Å². The smallest absolute Gasteiger partial charge is 0.165 e. The predicted octanol–water partition coefficient (Wildman–Crippen LogP) is 3.06. The summed E-state index contributed by atoms with van der Waals surface area (Å²) in [5, 5.41) is 7.32. The molecule has 0 bridgehead atoms. The predicted molar refractivity (Wildman–Crippen MR) is 53.5 cm³/mol. The van der Waals surface area contributed by atoms with Crippen LogP contribution in [0.3, 0.4) is 0 Å². The number of ether oxygens (including phenoxy) is 1. The molecule has 0 aliphatic rings. The standard InChI is InChI=1S/C10H6ClFN2O/c11-10-5-7(6-13-14-10)15-9-4-2-1-3-8(9)12/h1-6H. The van der Waals surface area contributed by atoms with Crippen molar-refractivity contribution in [2.45, 2.75) is 0 Å². The largest absolute Gasteiger partial charge is 0.452 e. The molecular weight excluding hydrogens is 219 g/mol. The zero-order chi connectivity index (χ0) is 10.7. The number of benzene rings is 1. The SMILES string of the molecule is Fc1ccccc1Oc1cnnc(Cl)c1. The molecule has 0 radical (unpaired) electrons. The summed E-state index contributed by atoms with van der Waals surface area (Å²) in [5.74, 6) is 0.0344. The quantitative estimate of drug-likeness (QED) is 0.786. The summed E-state index contributed by atoms with van der Waals surface area (Å²) >= 11 is 5.60. The van der Waals surface area contributed by atoms with Crippen LogP contribution in [0.25, 0.3) is 0 Å². The van der Waals surface area contributed by atoms with Crippen LogP contribution in [-0.2, 0) is 0 Å². The fourth-order valence-electron chi connectivity index (χ4n) is 1.03. The van der Waals surface area contributed by atoms with Crippen LogP contribution in [0.1, 0.15) is 0 Å². The second kappa shape index (κ2) is 4.23. The third-order valence-corrected chi connectivity index (χ3v) is 1.85. The second-order valence-corrected chi connectivity index (χ2v) is 3.13. The molecule has 0 N–H and O–H groups in total. The summed E-state index contributed by atoms with van der Waals surface area (Å²) in [5.41, 5.74) is 0. The van der Waals surface area contributed by atoms with Crippen molar-refractivity contribution in [3.63, 3.8) is 0 Å². The molecule has 1 heterocycles. The van der Waals surface area contributed by atoms with E-state index < -0.39 is 5.82 Å². The third-order valence-electron chi connectivity index (χ3n) is 1.66. The van der Waals surface area contributed by atoms with Crippen LogP contribution in [0.5, 0.6) is 11.5 Å². The Kier molecular flexibility index (Phi) is 2.78. The van der Waals surface area contributed by atoms with Gasteiger partial charge in [-0.05, 0) is 12.1 Å². The summed E-state index contributed by atoms with van der Waals surface area (Å²) in [6, 6.07) is 7.55. The first kappa shape index (κ1) is 9.86. The molecule has 0 saturated carbocycles. The maximum absolute atomic E-state index is 13.2. The van der Waals surface area contributed by atoms with Crippen molar-refractivity contribution in [3.8, 4) is 11.5 Å². The van der Waals surface area contributed by atoms with E-state index in [1.54, 1.807) is 12.1 Å². The van der Waals surface area contributed by atoms with Crippen LogP contribution in [0, 0.1) is 5.82 Å². The summed E-state index contributed by atoms with van der Waals surface area (Å²) < 4.78 is 18.4. The Labute approximate surface area is 90.5 Å². The Bertz CT molecular complexity index is 478. The second-order valence-electron chi connectivity index (χ2n) is 2.75. The van der Waals surface area contributed by atoms with E-state index in [-0.39, 0.29) is 10.9 Å². The highest BCUT2D eigenvalue weighted by molar-refractivity contribution is 6.29. The van der Waals surface area contributed by atoms with Gasteiger partial charge in [0.25, 0.3) is 0 Å². The minimum Gasteiger partial charge on any atom is -0.452 e. The first-order valence-electron chi connectivity index (χ1n) is 4.16. The fourth-order valence-corrected chi connectivity index (χ4v) is 1.19. The van der Waals surface area contributed by atoms with Crippen molar-refractivity contribution in [2.75, 3.05) is 0 Å². The first-order chi connectivity index (χ1) is 7.25. The lowest BCUT2D eigenvalue weighted by Gasteiger charge is -2.05. The van der Waals surface area contributed by atoms with Gasteiger partial charge in [-0.3, -0.25) is 0 Å². The maximum Gasteiger partial charge on any atom is 0.165 e. The van der Waals surface area contributed by atoms with Crippen LogP contribution in [0.15, 0.2) is 36.5 Å². The highest BCUT2D eigenvalue weighted by Crippen LogP contribution is 2.24. The highest BCUT2D eigenvalue weighted by Gasteiger charge is 2.04. The number of halogens is 2. The van der Waals surface area contributed by atoms with Gasteiger partial charge in [0.15, 0.2) is 22.5 Å². The molecule has 0 amide bonds. The lowest BCUT2D eigenvalue weighted by Crippen LogP contribution is -1.90. The molecule has 2 aromatic rings. The van der Waals surface area contributed by atoms with Gasteiger partial charge in [0.1, 0.15) is 0 Å². The van der Waals surface area contributed by atoms with E-state index >= 15 is 0 Å². The summed E-state index contributed by atoms with van der Waals surface area (Å²) in [4.78, 5) is 0. The number of hydrogen-bond acceptors (Lipinski definition) is 3. The monoisotopic (exact) mass is 224 g/mol. The first-order valence-corrected chi connectivity index (χ1v) is 4.54. The Morgan fingerprint density at radius 3 is 2.80 bits per heavy atom. The van der Waals surface area contributed by atoms with Crippen LogP contribution in [0.2, 0.25) is 5.15 Å². The molecule has 0 aliphatic heterocycles. The summed E-state index contributed by atoms with van der Waals surface area (Å²) in [7, 11) is 0. The molecule has 5 heteroatoms. The Balaban J connectivity index is 2.26. The lowest BCUT2D eigenvalue weighted by molar-refractivity contribution is 0.439. The average Bonchev–Trinajstić information content (AvgIpc) is 2.22. The van der Waals surface area contributed by atoms with Crippen molar-refractivity contribution in [2.24, 2.45) is 0 Å². The van der Waals surface area contributed by atoms with Crippen molar-refractivity contribution >= 4 is 11.6 Å². The van der Waals surface area contributed by atoms with Crippen LogP contribution in [-0.4, -0.2) is 10.2 Å². The molecule has 1 aromatic carbocycles. The molecular formula is C10H6ClFN2O. The highest BCUT2D eigenvalue weighted by atomic mass is 35.5. The van der Waals surface area contributed by atoms with Gasteiger partial charge in [-0.25, -0.2) is 4.39 Å². The topological polar surface area (TPSA) is 35.0 Å². The molecule has 0 saturated heterocycles. The van der Waals surface area contributed by atoms with E-state index in [0.717, 1.165) is 0 Å². The van der Waals surface area contributed by atoms with E-state index in [2.05, 4.69) is 10.2 Å². The lowest BCUT2D eigenvalue weighted by atomic mass is 10.3. The van der Waals surface area contributed by atoms with Gasteiger partial charge >= 0.3 is 0 Å². The van der Waals surface area contributed by atoms with E-state index in [1.807, 2.05) is 0 Å². The molecule has 0 atom stereocenters. The van der Waals surface area contributed by atoms with Crippen LogP contribution < -0.4 is 4.74 Å². The van der Waals surface area contributed by atoms with Crippen molar-refractivity contribution in [3.05, 3.63) is 47.5 Å². The number of aromatic nitrogens is 2.